The van der Waals surface area contributed by atoms with Crippen molar-refractivity contribution in [1.82, 2.24) is 0 Å². The van der Waals surface area contributed by atoms with Crippen molar-refractivity contribution < 1.29 is 47.2 Å². The minimum absolute atomic E-state index is 0. The van der Waals surface area contributed by atoms with Crippen molar-refractivity contribution in [2.24, 2.45) is 0 Å². The van der Waals surface area contributed by atoms with Crippen LogP contribution in [0.2, 0.25) is 13.1 Å². The van der Waals surface area contributed by atoms with E-state index in [1.165, 1.54) is 55.3 Å². The second-order valence-electron chi connectivity index (χ2n) is 11.8. The van der Waals surface area contributed by atoms with Crippen molar-refractivity contribution in [3.05, 3.63) is 136 Å². The number of fused-ring (bicyclic) bond motifs is 4. The molecule has 0 saturated heterocycles. The smallest absolute Gasteiger partial charge is 1.00 e. The molecule has 206 valence electrons. The number of hydrogen-bond donors (Lipinski definition) is 0. The van der Waals surface area contributed by atoms with Gasteiger partial charge in [0, 0.05) is 0 Å². The fraction of sp³-hybridized carbons (Fsp3) is 0.158. The van der Waals surface area contributed by atoms with Crippen molar-refractivity contribution in [2.75, 3.05) is 0 Å². The maximum Gasteiger partial charge on any atom is -1.00 e. The van der Waals surface area contributed by atoms with Crippen LogP contribution in [0.25, 0.3) is 51.3 Å². The largest absolute Gasteiger partial charge is 1.00 e. The van der Waals surface area contributed by atoms with Gasteiger partial charge in [0.25, 0.3) is 0 Å². The van der Waals surface area contributed by atoms with Gasteiger partial charge in [-0.2, -0.15) is 0 Å². The Kier molecular flexibility index (Phi) is 8.14. The molecule has 0 nitrogen and oxygen atoms in total. The Balaban J connectivity index is 0.00000158. The van der Waals surface area contributed by atoms with Crippen molar-refractivity contribution in [3.8, 4) is 22.3 Å². The standard InChI is InChI=1S/C36H25.C2H7Si.2ClH.Zr/c1-2-22-20-33-28(29-19-18-24-17-16-23-9-5-13-30(29)35(23)24)12-7-15-31(33)36(22)32-14-6-11-27-26-10-4-3-8-25(26)21-34(27)32;1-3-2;;;/h3-21,36H,2H2,1H3;3H,1-2H3;2*1H;/q;;;;+2/p-2. The van der Waals surface area contributed by atoms with Crippen LogP contribution in [0, 0.1) is 0 Å². The maximum atomic E-state index is 2.58. The average Bonchev–Trinajstić information content (AvgIpc) is 3.66. The minimum atomic E-state index is -0.612. The van der Waals surface area contributed by atoms with E-state index in [1.54, 1.807) is 22.3 Å². The summed E-state index contributed by atoms with van der Waals surface area (Å²) in [6.45, 7) is 7.51. The summed E-state index contributed by atoms with van der Waals surface area (Å²) in [5.41, 5.74) is 17.8. The summed E-state index contributed by atoms with van der Waals surface area (Å²) in [6.07, 6.45) is 8.14. The minimum Gasteiger partial charge on any atom is -1.00 e. The first kappa shape index (κ1) is 29.6. The van der Waals surface area contributed by atoms with Crippen molar-refractivity contribution in [2.45, 2.75) is 36.0 Å². The van der Waals surface area contributed by atoms with Gasteiger partial charge in [-0.3, -0.25) is 0 Å². The molecule has 2 unspecified atom stereocenters. The van der Waals surface area contributed by atoms with E-state index in [-0.39, 0.29) is 24.8 Å². The van der Waals surface area contributed by atoms with Crippen molar-refractivity contribution in [1.29, 1.82) is 0 Å². The second kappa shape index (κ2) is 11.5. The first-order valence-corrected chi connectivity index (χ1v) is 23.3. The molecule has 0 N–H and O–H groups in total. The fourth-order valence-electron chi connectivity index (χ4n) is 7.58. The van der Waals surface area contributed by atoms with E-state index in [0.717, 1.165) is 6.42 Å². The van der Waals surface area contributed by atoms with Gasteiger partial charge in [-0.1, -0.05) is 0 Å². The fourth-order valence-corrected chi connectivity index (χ4v) is 17.5. The number of halogens is 2. The normalized spacial score (nSPS) is 16.8. The summed E-state index contributed by atoms with van der Waals surface area (Å²) in [7, 11) is 0. The molecule has 8 rings (SSSR count). The Hall–Kier alpha value is -2.48. The van der Waals surface area contributed by atoms with Gasteiger partial charge in [-0.25, -0.2) is 0 Å². The van der Waals surface area contributed by atoms with Crippen LogP contribution in [0.1, 0.15) is 61.8 Å². The topological polar surface area (TPSA) is 0 Å². The van der Waals surface area contributed by atoms with Gasteiger partial charge in [0.1, 0.15) is 0 Å². The van der Waals surface area contributed by atoms with Crippen molar-refractivity contribution >= 4 is 34.9 Å². The molecule has 3 aliphatic rings. The van der Waals surface area contributed by atoms with Gasteiger partial charge < -0.3 is 24.8 Å². The third kappa shape index (κ3) is 4.41. The molecule has 0 spiro atoms. The molecule has 0 heterocycles. The van der Waals surface area contributed by atoms with Gasteiger partial charge in [0.15, 0.2) is 0 Å². The Labute approximate surface area is 273 Å². The molecule has 0 saturated carbocycles. The van der Waals surface area contributed by atoms with Crippen LogP contribution >= 0.6 is 0 Å². The Morgan fingerprint density at radius 1 is 0.643 bits per heavy atom. The molecule has 3 aliphatic carbocycles. The molecule has 2 atom stereocenters. The van der Waals surface area contributed by atoms with Gasteiger partial charge in [0.2, 0.25) is 0 Å². The molecule has 0 bridgehead atoms. The van der Waals surface area contributed by atoms with Crippen LogP contribution in [0.15, 0.2) is 96.6 Å². The van der Waals surface area contributed by atoms with E-state index in [1.807, 2.05) is 0 Å². The number of hydrogen-bond acceptors (Lipinski definition) is 0. The van der Waals surface area contributed by atoms with Crippen LogP contribution in [0.4, 0.5) is 0 Å². The molecule has 0 aromatic heterocycles. The van der Waals surface area contributed by atoms with Gasteiger partial charge >= 0.3 is 251 Å². The SMILES string of the molecule is CCC1=Cc2c(-c3ccc4c5c(cccc35)C=C4)cccc2C1c1cccc2c1[CH]([Zr+2][SiH](C)C)c1ccccc1-2.[Cl-].[Cl-]. The molecule has 0 radical (unpaired) electrons. The summed E-state index contributed by atoms with van der Waals surface area (Å²) in [5.74, 6) is -0.267. The molecule has 5 aromatic rings. The summed E-state index contributed by atoms with van der Waals surface area (Å²) >= 11 is -0.545. The molecule has 5 aromatic carbocycles. The van der Waals surface area contributed by atoms with Crippen LogP contribution in [0.3, 0.4) is 0 Å². The van der Waals surface area contributed by atoms with Crippen LogP contribution in [0.5, 0.6) is 0 Å². The predicted molar refractivity (Wildman–Crippen MR) is 171 cm³/mol. The van der Waals surface area contributed by atoms with E-state index in [4.69, 9.17) is 0 Å². The third-order valence-corrected chi connectivity index (χ3v) is 19.0. The zero-order valence-electron chi connectivity index (χ0n) is 24.1. The average molecular weight is 679 g/mol. The van der Waals surface area contributed by atoms with E-state index >= 15 is 0 Å². The van der Waals surface area contributed by atoms with Crippen LogP contribution in [-0.2, 0) is 22.4 Å². The number of allylic oxidation sites excluding steroid dienone is 1. The van der Waals surface area contributed by atoms with Gasteiger partial charge in [-0.15, -0.1) is 0 Å². The first-order chi connectivity index (χ1) is 19.6. The molecule has 0 fully saturated rings. The summed E-state index contributed by atoms with van der Waals surface area (Å²) in [5, 5.41) is 2.77. The molecule has 0 aliphatic heterocycles. The Morgan fingerprint density at radius 3 is 2.10 bits per heavy atom. The van der Waals surface area contributed by atoms with Crippen LogP contribution in [-0.4, -0.2) is 5.92 Å². The summed E-state index contributed by atoms with van der Waals surface area (Å²) in [4.78, 5) is 0. The van der Waals surface area contributed by atoms with E-state index in [0.29, 0.717) is 9.54 Å². The quantitative estimate of drug-likeness (QED) is 0.242. The zero-order chi connectivity index (χ0) is 27.0. The maximum absolute atomic E-state index is 2.58. The molecular weight excluding hydrogens is 647 g/mol. The molecule has 42 heavy (non-hydrogen) atoms. The molecule has 4 heteroatoms. The summed E-state index contributed by atoms with van der Waals surface area (Å²) < 4.78 is 0.687. The second-order valence-corrected chi connectivity index (χ2v) is 26.8. The number of benzene rings is 5. The van der Waals surface area contributed by atoms with E-state index in [2.05, 4.69) is 129 Å². The monoisotopic (exact) mass is 676 g/mol. The van der Waals surface area contributed by atoms with E-state index in [9.17, 15) is 0 Å². The van der Waals surface area contributed by atoms with Gasteiger partial charge in [-0.05, 0) is 0 Å². The first-order valence-electron chi connectivity index (χ1n) is 14.7. The third-order valence-electron chi connectivity index (χ3n) is 9.20. The molecular formula is C38H32Cl2SiZr. The molecule has 0 amide bonds. The van der Waals surface area contributed by atoms with Crippen LogP contribution < -0.4 is 24.8 Å². The Bertz CT molecular complexity index is 1910. The number of rotatable bonds is 5. The Morgan fingerprint density at radius 2 is 1.31 bits per heavy atom. The van der Waals surface area contributed by atoms with E-state index < -0.39 is 28.3 Å². The zero-order valence-corrected chi connectivity index (χ0v) is 29.2. The van der Waals surface area contributed by atoms with Gasteiger partial charge in [0.05, 0.1) is 0 Å². The predicted octanol–water partition coefficient (Wildman–Crippen LogP) is 4.07. The summed E-state index contributed by atoms with van der Waals surface area (Å²) in [6, 6.07) is 35.0. The van der Waals surface area contributed by atoms with Crippen molar-refractivity contribution in [3.63, 3.8) is 0 Å².